The van der Waals surface area contributed by atoms with Gasteiger partial charge >= 0.3 is 5.97 Å². The molecule has 0 unspecified atom stereocenters. The summed E-state index contributed by atoms with van der Waals surface area (Å²) in [7, 11) is 0. The van der Waals surface area contributed by atoms with Crippen molar-refractivity contribution in [3.8, 4) is 0 Å². The summed E-state index contributed by atoms with van der Waals surface area (Å²) in [4.78, 5) is 27.8. The molecule has 2 rings (SSSR count). The molecule has 1 fully saturated rings. The smallest absolute Gasteiger partial charge is 0.305 e. The lowest BCUT2D eigenvalue weighted by Gasteiger charge is -2.33. The number of carboxylic acid groups (broad SMARTS) is 1. The van der Waals surface area contributed by atoms with Gasteiger partial charge in [0.25, 0.3) is 5.91 Å². The lowest BCUT2D eigenvalue weighted by atomic mass is 10.1. The minimum Gasteiger partial charge on any atom is -0.481 e. The predicted octanol–water partition coefficient (Wildman–Crippen LogP) is 1.87. The standard InChI is InChI=1S/C13H17BrN2O4/c14-9-7-11(15-8-9)13(19)16(4-1-12(17)18)10-2-5-20-6-3-10/h7-8,10,15H,1-6H2,(H,17,18). The van der Waals surface area contributed by atoms with Gasteiger partial charge in [0.05, 0.1) is 6.42 Å². The number of ether oxygens (including phenoxy) is 1. The summed E-state index contributed by atoms with van der Waals surface area (Å²) >= 11 is 3.29. The van der Waals surface area contributed by atoms with Crippen LogP contribution >= 0.6 is 15.9 Å². The molecule has 1 aromatic rings. The molecule has 1 aliphatic heterocycles. The first-order valence-corrected chi connectivity index (χ1v) is 7.31. The molecule has 2 heterocycles. The fourth-order valence-electron chi connectivity index (χ4n) is 2.31. The molecule has 0 spiro atoms. The molecule has 0 bridgehead atoms. The number of carbonyl (C=O) groups is 2. The van der Waals surface area contributed by atoms with Gasteiger partial charge in [0, 0.05) is 36.5 Å². The Morgan fingerprint density at radius 1 is 1.45 bits per heavy atom. The second-order valence-electron chi connectivity index (χ2n) is 4.72. The highest BCUT2D eigenvalue weighted by atomic mass is 79.9. The number of rotatable bonds is 5. The molecule has 1 aliphatic rings. The Hall–Kier alpha value is -1.34. The van der Waals surface area contributed by atoms with Crippen LogP contribution in [0.15, 0.2) is 16.7 Å². The average Bonchev–Trinajstić information content (AvgIpc) is 2.86. The molecule has 7 heteroatoms. The molecular weight excluding hydrogens is 328 g/mol. The van der Waals surface area contributed by atoms with E-state index >= 15 is 0 Å². The average molecular weight is 345 g/mol. The Morgan fingerprint density at radius 2 is 2.15 bits per heavy atom. The Labute approximate surface area is 125 Å². The van der Waals surface area contributed by atoms with Gasteiger partial charge in [0.15, 0.2) is 0 Å². The third-order valence-electron chi connectivity index (χ3n) is 3.34. The fraction of sp³-hybridized carbons (Fsp3) is 0.538. The summed E-state index contributed by atoms with van der Waals surface area (Å²) < 4.78 is 6.09. The lowest BCUT2D eigenvalue weighted by molar-refractivity contribution is -0.137. The van der Waals surface area contributed by atoms with Gasteiger partial charge in [-0.15, -0.1) is 0 Å². The maximum Gasteiger partial charge on any atom is 0.305 e. The molecule has 0 radical (unpaired) electrons. The highest BCUT2D eigenvalue weighted by molar-refractivity contribution is 9.10. The number of H-pyrrole nitrogens is 1. The van der Waals surface area contributed by atoms with Crippen LogP contribution in [-0.2, 0) is 9.53 Å². The molecule has 1 saturated heterocycles. The number of carbonyl (C=O) groups excluding carboxylic acids is 1. The molecule has 110 valence electrons. The van der Waals surface area contributed by atoms with Crippen molar-refractivity contribution in [2.24, 2.45) is 0 Å². The molecule has 0 saturated carbocycles. The van der Waals surface area contributed by atoms with E-state index in [4.69, 9.17) is 9.84 Å². The second kappa shape index (κ2) is 6.90. The summed E-state index contributed by atoms with van der Waals surface area (Å²) in [5.41, 5.74) is 0.466. The van der Waals surface area contributed by atoms with Gasteiger partial charge < -0.3 is 19.7 Å². The molecule has 0 aliphatic carbocycles. The molecule has 1 aromatic heterocycles. The number of aliphatic carboxylic acids is 1. The van der Waals surface area contributed by atoms with E-state index in [0.717, 1.165) is 17.3 Å². The molecule has 0 atom stereocenters. The first kappa shape index (κ1) is 15.1. The largest absolute Gasteiger partial charge is 0.481 e. The quantitative estimate of drug-likeness (QED) is 0.854. The van der Waals surface area contributed by atoms with Crippen LogP contribution in [0.4, 0.5) is 0 Å². The van der Waals surface area contributed by atoms with E-state index in [1.807, 2.05) is 0 Å². The van der Waals surface area contributed by atoms with Gasteiger partial charge in [-0.05, 0) is 34.8 Å². The van der Waals surface area contributed by atoms with Gasteiger partial charge in [0.2, 0.25) is 0 Å². The van der Waals surface area contributed by atoms with Crippen molar-refractivity contribution in [2.75, 3.05) is 19.8 Å². The van der Waals surface area contributed by atoms with Gasteiger partial charge in [-0.3, -0.25) is 9.59 Å². The monoisotopic (exact) mass is 344 g/mol. The van der Waals surface area contributed by atoms with Crippen molar-refractivity contribution in [3.05, 3.63) is 22.4 Å². The number of halogens is 1. The van der Waals surface area contributed by atoms with Gasteiger partial charge in [-0.25, -0.2) is 0 Å². The van der Waals surface area contributed by atoms with E-state index in [1.54, 1.807) is 17.2 Å². The Balaban J connectivity index is 2.11. The number of nitrogens with one attached hydrogen (secondary N) is 1. The number of carboxylic acids is 1. The molecule has 2 N–H and O–H groups in total. The van der Waals surface area contributed by atoms with Crippen LogP contribution in [0, 0.1) is 0 Å². The summed E-state index contributed by atoms with van der Waals surface area (Å²) in [6.45, 7) is 1.43. The van der Waals surface area contributed by atoms with Gasteiger partial charge in [0.1, 0.15) is 5.69 Å². The summed E-state index contributed by atoms with van der Waals surface area (Å²) in [6, 6.07) is 1.74. The molecular formula is C13H17BrN2O4. The molecule has 20 heavy (non-hydrogen) atoms. The first-order chi connectivity index (χ1) is 9.58. The molecule has 1 amide bonds. The maximum absolute atomic E-state index is 12.5. The Morgan fingerprint density at radius 3 is 2.70 bits per heavy atom. The summed E-state index contributed by atoms with van der Waals surface area (Å²) in [6.07, 6.45) is 3.12. The van der Waals surface area contributed by atoms with Crippen molar-refractivity contribution >= 4 is 27.8 Å². The SMILES string of the molecule is O=C(O)CCN(C(=O)c1cc(Br)c[nH]1)C1CCOCC1. The van der Waals surface area contributed by atoms with E-state index in [1.165, 1.54) is 0 Å². The highest BCUT2D eigenvalue weighted by Gasteiger charge is 2.27. The number of hydrogen-bond donors (Lipinski definition) is 2. The maximum atomic E-state index is 12.5. The topological polar surface area (TPSA) is 82.6 Å². The highest BCUT2D eigenvalue weighted by Crippen LogP contribution is 2.19. The van der Waals surface area contributed by atoms with E-state index in [9.17, 15) is 9.59 Å². The zero-order chi connectivity index (χ0) is 14.5. The van der Waals surface area contributed by atoms with Crippen LogP contribution in [0.3, 0.4) is 0 Å². The summed E-state index contributed by atoms with van der Waals surface area (Å²) in [5, 5.41) is 8.84. The van der Waals surface area contributed by atoms with E-state index in [2.05, 4.69) is 20.9 Å². The third-order valence-corrected chi connectivity index (χ3v) is 3.80. The van der Waals surface area contributed by atoms with E-state index < -0.39 is 5.97 Å². The van der Waals surface area contributed by atoms with Crippen molar-refractivity contribution in [1.82, 2.24) is 9.88 Å². The van der Waals surface area contributed by atoms with Crippen LogP contribution in [0.25, 0.3) is 0 Å². The summed E-state index contributed by atoms with van der Waals surface area (Å²) in [5.74, 6) is -1.06. The Kier molecular flexibility index (Phi) is 5.19. The minimum absolute atomic E-state index is 0.0395. The lowest BCUT2D eigenvalue weighted by Crippen LogP contribution is -2.44. The third kappa shape index (κ3) is 3.83. The predicted molar refractivity (Wildman–Crippen MR) is 75.6 cm³/mol. The van der Waals surface area contributed by atoms with E-state index in [-0.39, 0.29) is 24.9 Å². The number of aromatic nitrogens is 1. The molecule has 6 nitrogen and oxygen atoms in total. The van der Waals surface area contributed by atoms with Crippen molar-refractivity contribution < 1.29 is 19.4 Å². The van der Waals surface area contributed by atoms with Crippen molar-refractivity contribution in [1.29, 1.82) is 0 Å². The van der Waals surface area contributed by atoms with Crippen LogP contribution in [0.2, 0.25) is 0 Å². The Bertz CT molecular complexity index is 482. The number of aromatic amines is 1. The van der Waals surface area contributed by atoms with Crippen molar-refractivity contribution in [3.63, 3.8) is 0 Å². The minimum atomic E-state index is -0.900. The number of amides is 1. The van der Waals surface area contributed by atoms with Crippen molar-refractivity contribution in [2.45, 2.75) is 25.3 Å². The molecule has 0 aromatic carbocycles. The number of hydrogen-bond acceptors (Lipinski definition) is 3. The van der Waals surface area contributed by atoms with Crippen LogP contribution in [0.5, 0.6) is 0 Å². The van der Waals surface area contributed by atoms with Gasteiger partial charge in [-0.2, -0.15) is 0 Å². The fourth-order valence-corrected chi connectivity index (χ4v) is 2.65. The zero-order valence-electron chi connectivity index (χ0n) is 11.0. The second-order valence-corrected chi connectivity index (χ2v) is 5.63. The van der Waals surface area contributed by atoms with Crippen LogP contribution in [0.1, 0.15) is 29.8 Å². The zero-order valence-corrected chi connectivity index (χ0v) is 12.6. The van der Waals surface area contributed by atoms with Crippen LogP contribution in [-0.4, -0.2) is 52.7 Å². The number of nitrogens with zero attached hydrogens (tertiary/aromatic N) is 1. The van der Waals surface area contributed by atoms with Crippen LogP contribution < -0.4 is 0 Å². The van der Waals surface area contributed by atoms with Gasteiger partial charge in [-0.1, -0.05) is 0 Å². The first-order valence-electron chi connectivity index (χ1n) is 6.52. The van der Waals surface area contributed by atoms with E-state index in [0.29, 0.717) is 18.9 Å². The normalized spacial score (nSPS) is 16.1.